The molecule has 2 aromatic rings. The number of aryl methyl sites for hydroxylation is 1. The number of carbonyl (C=O) groups excluding carboxylic acids is 4. The van der Waals surface area contributed by atoms with Crippen LogP contribution in [-0.4, -0.2) is 41.7 Å². The first-order valence-electron chi connectivity index (χ1n) is 8.81. The fraction of sp³-hybridized carbons (Fsp3) is 0.316. The third kappa shape index (κ3) is 8.01. The lowest BCUT2D eigenvalue weighted by Crippen LogP contribution is -2.42. The van der Waals surface area contributed by atoms with E-state index in [9.17, 15) is 24.0 Å². The number of esters is 2. The molecule has 1 amide bonds. The monoisotopic (exact) mass is 453 g/mol. The van der Waals surface area contributed by atoms with Crippen molar-refractivity contribution in [3.05, 3.63) is 58.0 Å². The molecule has 0 aliphatic heterocycles. The van der Waals surface area contributed by atoms with Crippen molar-refractivity contribution >= 4 is 34.9 Å². The van der Waals surface area contributed by atoms with E-state index in [2.05, 4.69) is 9.73 Å². The highest BCUT2D eigenvalue weighted by Gasteiger charge is 2.24. The predicted molar refractivity (Wildman–Crippen MR) is 105 cm³/mol. The lowest BCUT2D eigenvalue weighted by molar-refractivity contribution is -0.148. The second-order valence-corrected chi connectivity index (χ2v) is 6.87. The summed E-state index contributed by atoms with van der Waals surface area (Å²) >= 11 is 0.571. The van der Waals surface area contributed by atoms with Gasteiger partial charge in [-0.25, -0.2) is 19.2 Å². The Morgan fingerprint density at radius 2 is 1.77 bits per heavy atom. The van der Waals surface area contributed by atoms with Crippen LogP contribution < -0.4 is 11.1 Å². The summed E-state index contributed by atoms with van der Waals surface area (Å²) in [5.74, 6) is -3.04. The average molecular weight is 453 g/mol. The van der Waals surface area contributed by atoms with E-state index in [1.54, 1.807) is 30.3 Å². The maximum absolute atomic E-state index is 12.2. The van der Waals surface area contributed by atoms with Crippen LogP contribution in [0.15, 0.2) is 44.0 Å². The molecule has 1 aromatic heterocycles. The molecular weight excluding hydrogens is 434 g/mol. The van der Waals surface area contributed by atoms with E-state index in [-0.39, 0.29) is 17.3 Å². The molecule has 0 radical (unpaired) electrons. The van der Waals surface area contributed by atoms with E-state index in [4.69, 9.17) is 18.6 Å². The lowest BCUT2D eigenvalue weighted by Gasteiger charge is -2.15. The first-order chi connectivity index (χ1) is 14.8. The molecule has 2 rings (SSSR count). The Labute approximate surface area is 180 Å². The lowest BCUT2D eigenvalue weighted by atomic mass is 10.2. The molecule has 0 fully saturated rings. The van der Waals surface area contributed by atoms with Gasteiger partial charge in [-0.2, -0.15) is 0 Å². The first-order valence-corrected chi connectivity index (χ1v) is 9.79. The fourth-order valence-corrected chi connectivity index (χ4v) is 2.79. The van der Waals surface area contributed by atoms with E-state index >= 15 is 0 Å². The fourth-order valence-electron chi connectivity index (χ4n) is 2.14. The Kier molecular flexibility index (Phi) is 8.88. The second-order valence-electron chi connectivity index (χ2n) is 5.92. The van der Waals surface area contributed by atoms with Crippen LogP contribution in [0.3, 0.4) is 0 Å². The number of thioether (sulfide) groups is 1. The van der Waals surface area contributed by atoms with Gasteiger partial charge in [-0.3, -0.25) is 4.79 Å². The highest BCUT2D eigenvalue weighted by Crippen LogP contribution is 2.12. The standard InChI is InChI=1S/C19H19NO10S/c1-11-15(30-18(24)29-11)8-26-17(23)14(20-12(2)21)9-31-19(25)28-10-27-16(22)13-6-4-3-5-7-13/h3-7,14H,8-10H2,1-2H3,(H,20,21)/t14-/m0/s1. The van der Waals surface area contributed by atoms with Gasteiger partial charge in [-0.15, -0.1) is 0 Å². The van der Waals surface area contributed by atoms with Gasteiger partial charge in [0.05, 0.1) is 5.56 Å². The van der Waals surface area contributed by atoms with Crippen molar-refractivity contribution in [1.29, 1.82) is 0 Å². The zero-order valence-electron chi connectivity index (χ0n) is 16.6. The van der Waals surface area contributed by atoms with Crippen molar-refractivity contribution in [2.24, 2.45) is 0 Å². The van der Waals surface area contributed by atoms with Crippen molar-refractivity contribution in [3.63, 3.8) is 0 Å². The number of rotatable bonds is 9. The smallest absolute Gasteiger partial charge is 0.456 e. The molecular formula is C19H19NO10S. The van der Waals surface area contributed by atoms with Gasteiger partial charge in [0, 0.05) is 12.7 Å². The number of amides is 1. The van der Waals surface area contributed by atoms with E-state index in [1.807, 2.05) is 0 Å². The van der Waals surface area contributed by atoms with Gasteiger partial charge in [-0.1, -0.05) is 18.2 Å². The quantitative estimate of drug-likeness (QED) is 0.437. The van der Waals surface area contributed by atoms with Crippen LogP contribution in [0, 0.1) is 6.92 Å². The molecule has 0 saturated heterocycles. The molecule has 12 heteroatoms. The van der Waals surface area contributed by atoms with Crippen LogP contribution in [0.1, 0.15) is 28.8 Å². The maximum Gasteiger partial charge on any atom is 0.519 e. The summed E-state index contributed by atoms with van der Waals surface area (Å²) in [7, 11) is 0. The topological polar surface area (TPSA) is 151 Å². The van der Waals surface area contributed by atoms with E-state index < -0.39 is 48.4 Å². The molecule has 0 bridgehead atoms. The van der Waals surface area contributed by atoms with Crippen LogP contribution in [0.2, 0.25) is 0 Å². The van der Waals surface area contributed by atoms with Gasteiger partial charge in [-0.05, 0) is 30.8 Å². The molecule has 0 spiro atoms. The highest BCUT2D eigenvalue weighted by atomic mass is 32.2. The molecule has 0 saturated carbocycles. The van der Waals surface area contributed by atoms with Gasteiger partial charge >= 0.3 is 23.1 Å². The largest absolute Gasteiger partial charge is 0.519 e. The maximum atomic E-state index is 12.2. The average Bonchev–Trinajstić information content (AvgIpc) is 3.06. The third-order valence-electron chi connectivity index (χ3n) is 3.59. The van der Waals surface area contributed by atoms with Crippen LogP contribution >= 0.6 is 11.8 Å². The number of carbonyl (C=O) groups is 4. The Hall–Kier alpha value is -3.54. The second kappa shape index (κ2) is 11.6. The molecule has 31 heavy (non-hydrogen) atoms. The normalized spacial score (nSPS) is 11.3. The number of nitrogens with one attached hydrogen (secondary N) is 1. The summed E-state index contributed by atoms with van der Waals surface area (Å²) in [6.45, 7) is 1.63. The highest BCUT2D eigenvalue weighted by molar-refractivity contribution is 8.13. The van der Waals surface area contributed by atoms with Crippen molar-refractivity contribution in [1.82, 2.24) is 5.32 Å². The van der Waals surface area contributed by atoms with E-state index in [1.165, 1.54) is 13.8 Å². The number of benzene rings is 1. The summed E-state index contributed by atoms with van der Waals surface area (Å²) in [5, 5.41) is 1.51. The van der Waals surface area contributed by atoms with Crippen molar-refractivity contribution in [3.8, 4) is 0 Å². The number of ether oxygens (including phenoxy) is 3. The summed E-state index contributed by atoms with van der Waals surface area (Å²) in [4.78, 5) is 58.1. The SMILES string of the molecule is CC(=O)N[C@@H](CSC(=O)OCOC(=O)c1ccccc1)C(=O)OCc1oc(=O)oc1C. The first kappa shape index (κ1) is 23.7. The van der Waals surface area contributed by atoms with Gasteiger partial charge in [0.15, 0.2) is 18.1 Å². The minimum Gasteiger partial charge on any atom is -0.456 e. The van der Waals surface area contributed by atoms with Crippen molar-refractivity contribution < 1.29 is 42.2 Å². The molecule has 0 aliphatic rings. The third-order valence-corrected chi connectivity index (χ3v) is 4.44. The number of hydrogen-bond donors (Lipinski definition) is 1. The van der Waals surface area contributed by atoms with Crippen molar-refractivity contribution in [2.45, 2.75) is 26.5 Å². The van der Waals surface area contributed by atoms with Crippen LogP contribution in [0.5, 0.6) is 0 Å². The van der Waals surface area contributed by atoms with Crippen LogP contribution in [0.25, 0.3) is 0 Å². The van der Waals surface area contributed by atoms with Crippen molar-refractivity contribution in [2.75, 3.05) is 12.5 Å². The Balaban J connectivity index is 1.79. The van der Waals surface area contributed by atoms with Gasteiger partial charge in [0.2, 0.25) is 12.7 Å². The zero-order chi connectivity index (χ0) is 22.8. The summed E-state index contributed by atoms with van der Waals surface area (Å²) in [6, 6.07) is 6.94. The minimum absolute atomic E-state index is 0.0206. The zero-order valence-corrected chi connectivity index (χ0v) is 17.4. The Bertz CT molecular complexity index is 981. The van der Waals surface area contributed by atoms with Gasteiger partial charge in [0.1, 0.15) is 6.04 Å². The molecule has 1 aromatic carbocycles. The van der Waals surface area contributed by atoms with Crippen LogP contribution in [0.4, 0.5) is 4.79 Å². The number of hydrogen-bond acceptors (Lipinski definition) is 11. The molecule has 0 unspecified atom stereocenters. The van der Waals surface area contributed by atoms with Crippen LogP contribution in [-0.2, 0) is 30.4 Å². The Morgan fingerprint density at radius 1 is 1.06 bits per heavy atom. The summed E-state index contributed by atoms with van der Waals surface area (Å²) < 4.78 is 23.9. The van der Waals surface area contributed by atoms with Gasteiger partial charge in [0.25, 0.3) is 0 Å². The summed E-state index contributed by atoms with van der Waals surface area (Å²) in [6.07, 6.45) is 0. The Morgan fingerprint density at radius 3 is 2.39 bits per heavy atom. The molecule has 1 N–H and O–H groups in total. The molecule has 11 nitrogen and oxygen atoms in total. The molecule has 0 aliphatic carbocycles. The minimum atomic E-state index is -1.18. The molecule has 166 valence electrons. The van der Waals surface area contributed by atoms with Gasteiger partial charge < -0.3 is 28.4 Å². The van der Waals surface area contributed by atoms with E-state index in [0.29, 0.717) is 17.3 Å². The predicted octanol–water partition coefficient (Wildman–Crippen LogP) is 1.77. The van der Waals surface area contributed by atoms with E-state index in [0.717, 1.165) is 0 Å². The summed E-state index contributed by atoms with van der Waals surface area (Å²) in [5.41, 5.74) is 0.295. The molecule has 1 heterocycles. The molecule has 1 atom stereocenters.